The van der Waals surface area contributed by atoms with Crippen LogP contribution in [0.3, 0.4) is 0 Å². The minimum absolute atomic E-state index is 0.293. The van der Waals surface area contributed by atoms with Gasteiger partial charge >= 0.3 is 11.7 Å². The van der Waals surface area contributed by atoms with Gasteiger partial charge in [-0.2, -0.15) is 0 Å². The van der Waals surface area contributed by atoms with Crippen molar-refractivity contribution in [2.45, 2.75) is 30.3 Å². The largest absolute Gasteiger partial charge is 0.385 e. The topological polar surface area (TPSA) is 109 Å². The van der Waals surface area contributed by atoms with Crippen molar-refractivity contribution < 1.29 is 14.3 Å². The molecule has 1 aliphatic heterocycles. The van der Waals surface area contributed by atoms with Crippen molar-refractivity contribution in [2.75, 3.05) is 26.8 Å². The average Bonchev–Trinajstić information content (AvgIpc) is 3.06. The van der Waals surface area contributed by atoms with Crippen molar-refractivity contribution in [3.8, 4) is 0 Å². The van der Waals surface area contributed by atoms with Crippen molar-refractivity contribution in [1.29, 1.82) is 0 Å². The molecule has 0 saturated carbocycles. The lowest BCUT2D eigenvalue weighted by molar-refractivity contribution is -0.126. The van der Waals surface area contributed by atoms with Crippen LogP contribution < -0.4 is 11.0 Å². The third kappa shape index (κ3) is 3.69. The first kappa shape index (κ1) is 16.6. The molecule has 2 rings (SSSR count). The Hall–Kier alpha value is -1.81. The number of imide groups is 1. The zero-order chi connectivity index (χ0) is 16.1. The molecular weight excluding hydrogens is 310 g/mol. The number of rotatable bonds is 7. The number of hydrogen-bond acceptors (Lipinski definition) is 6. The van der Waals surface area contributed by atoms with E-state index in [9.17, 15) is 14.4 Å². The SMILES string of the molecule is COCCCn1c(SC(C)C(=O)N2CCNC2=O)n[nH]c1=O. The van der Waals surface area contributed by atoms with Crippen LogP contribution in [-0.4, -0.2) is 63.7 Å². The number of nitrogens with one attached hydrogen (secondary N) is 2. The van der Waals surface area contributed by atoms with Crippen molar-refractivity contribution in [3.63, 3.8) is 0 Å². The number of urea groups is 1. The number of amides is 3. The fourth-order valence-corrected chi connectivity index (χ4v) is 3.01. The summed E-state index contributed by atoms with van der Waals surface area (Å²) in [7, 11) is 1.59. The van der Waals surface area contributed by atoms with Crippen LogP contribution in [0, 0.1) is 0 Å². The highest BCUT2D eigenvalue weighted by Gasteiger charge is 2.31. The second kappa shape index (κ2) is 7.45. The lowest BCUT2D eigenvalue weighted by atomic mass is 10.4. The van der Waals surface area contributed by atoms with E-state index in [2.05, 4.69) is 15.5 Å². The number of carbonyl (C=O) groups excluding carboxylic acids is 2. The molecular formula is C12H19N5O4S. The average molecular weight is 329 g/mol. The van der Waals surface area contributed by atoms with Gasteiger partial charge in [-0.1, -0.05) is 11.8 Å². The fourth-order valence-electron chi connectivity index (χ4n) is 2.07. The molecule has 1 saturated heterocycles. The summed E-state index contributed by atoms with van der Waals surface area (Å²) in [5.41, 5.74) is -0.322. The van der Waals surface area contributed by atoms with Gasteiger partial charge in [0.2, 0.25) is 5.91 Å². The Morgan fingerprint density at radius 3 is 2.91 bits per heavy atom. The molecule has 1 atom stereocenters. The molecule has 2 N–H and O–H groups in total. The maximum Gasteiger partial charge on any atom is 0.343 e. The van der Waals surface area contributed by atoms with E-state index in [-0.39, 0.29) is 17.6 Å². The number of H-pyrrole nitrogens is 1. The van der Waals surface area contributed by atoms with E-state index in [4.69, 9.17) is 4.74 Å². The Bertz CT molecular complexity index is 599. The van der Waals surface area contributed by atoms with E-state index in [0.29, 0.717) is 37.8 Å². The summed E-state index contributed by atoms with van der Waals surface area (Å²) in [6, 6.07) is -0.378. The molecule has 22 heavy (non-hydrogen) atoms. The maximum atomic E-state index is 12.2. The monoisotopic (exact) mass is 329 g/mol. The van der Waals surface area contributed by atoms with Gasteiger partial charge in [0.05, 0.1) is 5.25 Å². The highest BCUT2D eigenvalue weighted by atomic mass is 32.2. The lowest BCUT2D eigenvalue weighted by Crippen LogP contribution is -2.39. The molecule has 10 heteroatoms. The van der Waals surface area contributed by atoms with E-state index in [0.717, 1.165) is 11.8 Å². The standard InChI is InChI=1S/C12H19N5O4S/c1-8(9(18)16-6-4-13-10(16)19)22-12-15-14-11(20)17(12)5-3-7-21-2/h8H,3-7H2,1-2H3,(H,13,19)(H,14,20). The number of methoxy groups -OCH3 is 1. The molecule has 1 aromatic heterocycles. The van der Waals surface area contributed by atoms with Gasteiger partial charge in [0, 0.05) is 33.4 Å². The van der Waals surface area contributed by atoms with Crippen LogP contribution in [-0.2, 0) is 16.1 Å². The van der Waals surface area contributed by atoms with Crippen LogP contribution in [0.2, 0.25) is 0 Å². The first-order valence-corrected chi connectivity index (χ1v) is 7.82. The van der Waals surface area contributed by atoms with Gasteiger partial charge in [-0.3, -0.25) is 14.3 Å². The van der Waals surface area contributed by atoms with Gasteiger partial charge < -0.3 is 10.1 Å². The number of thioether (sulfide) groups is 1. The first-order valence-electron chi connectivity index (χ1n) is 6.94. The summed E-state index contributed by atoms with van der Waals surface area (Å²) in [4.78, 5) is 36.7. The lowest BCUT2D eigenvalue weighted by Gasteiger charge is -2.17. The van der Waals surface area contributed by atoms with Crippen LogP contribution in [0.5, 0.6) is 0 Å². The van der Waals surface area contributed by atoms with E-state index < -0.39 is 5.25 Å². The van der Waals surface area contributed by atoms with Crippen molar-refractivity contribution >= 4 is 23.7 Å². The summed E-state index contributed by atoms with van der Waals surface area (Å²) in [6.07, 6.45) is 0.667. The Labute approximate surface area is 131 Å². The highest BCUT2D eigenvalue weighted by Crippen LogP contribution is 2.22. The molecule has 2 heterocycles. The van der Waals surface area contributed by atoms with Crippen molar-refractivity contribution in [1.82, 2.24) is 25.0 Å². The van der Waals surface area contributed by atoms with Gasteiger partial charge in [-0.15, -0.1) is 5.10 Å². The molecule has 0 spiro atoms. The van der Waals surface area contributed by atoms with Crippen LogP contribution >= 0.6 is 11.8 Å². The van der Waals surface area contributed by atoms with Crippen molar-refractivity contribution in [2.24, 2.45) is 0 Å². The summed E-state index contributed by atoms with van der Waals surface area (Å²) in [6.45, 7) is 3.51. The number of nitrogens with zero attached hydrogens (tertiary/aromatic N) is 3. The van der Waals surface area contributed by atoms with Gasteiger partial charge in [0.1, 0.15) is 0 Å². The van der Waals surface area contributed by atoms with Gasteiger partial charge in [-0.25, -0.2) is 14.7 Å². The molecule has 0 aromatic carbocycles. The molecule has 0 radical (unpaired) electrons. The molecule has 9 nitrogen and oxygen atoms in total. The number of aromatic nitrogens is 3. The van der Waals surface area contributed by atoms with Crippen molar-refractivity contribution in [3.05, 3.63) is 10.5 Å². The number of hydrogen-bond donors (Lipinski definition) is 2. The molecule has 1 aromatic rings. The van der Waals surface area contributed by atoms with E-state index in [1.165, 1.54) is 9.47 Å². The predicted octanol–water partition coefficient (Wildman–Crippen LogP) is -0.360. The summed E-state index contributed by atoms with van der Waals surface area (Å²) in [5.74, 6) is -0.293. The van der Waals surface area contributed by atoms with E-state index in [1.807, 2.05) is 0 Å². The third-order valence-corrected chi connectivity index (χ3v) is 4.28. The molecule has 0 aliphatic carbocycles. The van der Waals surface area contributed by atoms with Gasteiger partial charge in [0.15, 0.2) is 5.16 Å². The normalized spacial score (nSPS) is 15.9. The van der Waals surface area contributed by atoms with Crippen LogP contribution in [0.1, 0.15) is 13.3 Å². The number of aromatic amines is 1. The second-order valence-corrected chi connectivity index (χ2v) is 6.10. The summed E-state index contributed by atoms with van der Waals surface area (Å²) in [5, 5.41) is 8.82. The highest BCUT2D eigenvalue weighted by molar-refractivity contribution is 8.00. The van der Waals surface area contributed by atoms with Gasteiger partial charge in [-0.05, 0) is 13.3 Å². The van der Waals surface area contributed by atoms with Crippen LogP contribution in [0.15, 0.2) is 9.95 Å². The first-order chi connectivity index (χ1) is 10.5. The van der Waals surface area contributed by atoms with E-state index in [1.54, 1.807) is 14.0 Å². The maximum absolute atomic E-state index is 12.2. The molecule has 0 bridgehead atoms. The third-order valence-electron chi connectivity index (χ3n) is 3.21. The predicted molar refractivity (Wildman–Crippen MR) is 79.8 cm³/mol. The van der Waals surface area contributed by atoms with Crippen LogP contribution in [0.4, 0.5) is 4.79 Å². The molecule has 1 fully saturated rings. The summed E-state index contributed by atoms with van der Waals surface area (Å²) >= 11 is 1.15. The number of carbonyl (C=O) groups is 2. The fraction of sp³-hybridized carbons (Fsp3) is 0.667. The Morgan fingerprint density at radius 2 is 2.27 bits per heavy atom. The molecule has 122 valence electrons. The van der Waals surface area contributed by atoms with E-state index >= 15 is 0 Å². The Morgan fingerprint density at radius 1 is 1.50 bits per heavy atom. The zero-order valence-electron chi connectivity index (χ0n) is 12.5. The zero-order valence-corrected chi connectivity index (χ0v) is 13.3. The number of ether oxygens (including phenoxy) is 1. The quantitative estimate of drug-likeness (QED) is 0.522. The minimum Gasteiger partial charge on any atom is -0.385 e. The van der Waals surface area contributed by atoms with Gasteiger partial charge in [0.25, 0.3) is 0 Å². The molecule has 1 aliphatic rings. The van der Waals surface area contributed by atoms with Crippen LogP contribution in [0.25, 0.3) is 0 Å². The molecule has 3 amide bonds. The second-order valence-electron chi connectivity index (χ2n) is 4.79. The smallest absolute Gasteiger partial charge is 0.343 e. The molecule has 1 unspecified atom stereocenters. The minimum atomic E-state index is -0.514. The summed E-state index contributed by atoms with van der Waals surface area (Å²) < 4.78 is 6.43. The Balaban J connectivity index is 2.02. The Kier molecular flexibility index (Phi) is 5.61.